The maximum atomic E-state index is 6.57. The minimum atomic E-state index is 0.877. The Kier molecular flexibility index (Phi) is 6.90. The van der Waals surface area contributed by atoms with E-state index in [4.69, 9.17) is 4.42 Å². The predicted octanol–water partition coefficient (Wildman–Crippen LogP) is 15.0. The topological polar surface area (TPSA) is 16.4 Å². The fourth-order valence-corrected chi connectivity index (χ4v) is 8.43. The van der Waals surface area contributed by atoms with E-state index < -0.39 is 0 Å². The molecule has 1 aromatic heterocycles. The van der Waals surface area contributed by atoms with Crippen LogP contribution in [0.1, 0.15) is 0 Å². The molecule has 252 valence electrons. The van der Waals surface area contributed by atoms with Gasteiger partial charge < -0.3 is 9.32 Å². The number of rotatable bonds is 5. The van der Waals surface area contributed by atoms with Gasteiger partial charge in [-0.3, -0.25) is 0 Å². The highest BCUT2D eigenvalue weighted by molar-refractivity contribution is 6.22. The molecule has 54 heavy (non-hydrogen) atoms. The van der Waals surface area contributed by atoms with Crippen molar-refractivity contribution in [3.05, 3.63) is 200 Å². The number of fused-ring (bicyclic) bond motifs is 8. The van der Waals surface area contributed by atoms with Crippen molar-refractivity contribution in [3.8, 4) is 22.3 Å². The largest absolute Gasteiger partial charge is 0.456 e. The van der Waals surface area contributed by atoms with Gasteiger partial charge in [0.2, 0.25) is 0 Å². The van der Waals surface area contributed by atoms with Crippen LogP contribution in [0.2, 0.25) is 0 Å². The second-order valence-corrected chi connectivity index (χ2v) is 14.1. The Hall–Kier alpha value is -7.16. The van der Waals surface area contributed by atoms with Gasteiger partial charge in [0, 0.05) is 22.1 Å². The average Bonchev–Trinajstić information content (AvgIpc) is 3.61. The summed E-state index contributed by atoms with van der Waals surface area (Å²) in [6.45, 7) is 0. The summed E-state index contributed by atoms with van der Waals surface area (Å²) in [7, 11) is 0. The third-order valence-electron chi connectivity index (χ3n) is 11.0. The summed E-state index contributed by atoms with van der Waals surface area (Å²) in [4.78, 5) is 2.43. The first-order valence-electron chi connectivity index (χ1n) is 18.5. The van der Waals surface area contributed by atoms with Crippen molar-refractivity contribution in [1.82, 2.24) is 0 Å². The molecule has 0 fully saturated rings. The average molecular weight is 688 g/mol. The number of para-hydroxylation sites is 1. The standard InChI is InChI=1S/C52H33NO/c1-2-12-34(13-3-1)35-24-27-41(28-25-35)53(52-44-17-7-5-15-38(44)33-50-51(52)47-20-10-11-21-49(47)54-50)42-29-26-36-22-23-39(30-40(36)31-42)48-32-37-14-4-6-16-43(37)45-18-8-9-19-46(45)48/h1-33H. The van der Waals surface area contributed by atoms with E-state index >= 15 is 0 Å². The van der Waals surface area contributed by atoms with E-state index in [9.17, 15) is 0 Å². The highest BCUT2D eigenvalue weighted by Gasteiger charge is 2.23. The molecule has 0 unspecified atom stereocenters. The van der Waals surface area contributed by atoms with Crippen LogP contribution in [0, 0.1) is 0 Å². The third kappa shape index (κ3) is 4.88. The summed E-state index contributed by atoms with van der Waals surface area (Å²) >= 11 is 0. The maximum Gasteiger partial charge on any atom is 0.138 e. The lowest BCUT2D eigenvalue weighted by molar-refractivity contribution is 0.669. The molecule has 0 saturated carbocycles. The highest BCUT2D eigenvalue weighted by Crippen LogP contribution is 2.48. The van der Waals surface area contributed by atoms with Crippen LogP contribution in [0.4, 0.5) is 17.1 Å². The van der Waals surface area contributed by atoms with Crippen LogP contribution >= 0.6 is 0 Å². The minimum Gasteiger partial charge on any atom is -0.456 e. The molecule has 0 atom stereocenters. The molecule has 0 bridgehead atoms. The molecular formula is C52H33NO. The Balaban J connectivity index is 1.17. The van der Waals surface area contributed by atoms with Crippen LogP contribution < -0.4 is 4.90 Å². The van der Waals surface area contributed by atoms with E-state index in [0.29, 0.717) is 0 Å². The SMILES string of the molecule is c1ccc(-c2ccc(N(c3ccc4ccc(-c5cc6ccccc6c6ccccc56)cc4c3)c3c4ccccc4cc4oc5ccccc5c34)cc2)cc1. The Morgan fingerprint density at radius 2 is 0.907 bits per heavy atom. The monoisotopic (exact) mass is 687 g/mol. The molecule has 11 rings (SSSR count). The molecule has 1 heterocycles. The van der Waals surface area contributed by atoms with Gasteiger partial charge in [-0.2, -0.15) is 0 Å². The minimum absolute atomic E-state index is 0.877. The zero-order valence-electron chi connectivity index (χ0n) is 29.4. The Morgan fingerprint density at radius 3 is 1.72 bits per heavy atom. The van der Waals surface area contributed by atoms with E-state index in [1.165, 1.54) is 60.0 Å². The van der Waals surface area contributed by atoms with Crippen LogP contribution in [0.15, 0.2) is 205 Å². The molecule has 2 heteroatoms. The fourth-order valence-electron chi connectivity index (χ4n) is 8.43. The van der Waals surface area contributed by atoms with Gasteiger partial charge in [0.1, 0.15) is 11.2 Å². The van der Waals surface area contributed by atoms with E-state index in [-0.39, 0.29) is 0 Å². The van der Waals surface area contributed by atoms with Crippen LogP contribution in [0.25, 0.3) is 87.3 Å². The first-order valence-corrected chi connectivity index (χ1v) is 18.5. The highest BCUT2D eigenvalue weighted by atomic mass is 16.3. The van der Waals surface area contributed by atoms with Crippen molar-refractivity contribution in [3.63, 3.8) is 0 Å². The lowest BCUT2D eigenvalue weighted by Gasteiger charge is -2.28. The zero-order valence-corrected chi connectivity index (χ0v) is 29.4. The number of hydrogen-bond donors (Lipinski definition) is 0. The van der Waals surface area contributed by atoms with Crippen molar-refractivity contribution < 1.29 is 4.42 Å². The van der Waals surface area contributed by atoms with Crippen LogP contribution in [0.5, 0.6) is 0 Å². The molecule has 0 saturated heterocycles. The third-order valence-corrected chi connectivity index (χ3v) is 11.0. The van der Waals surface area contributed by atoms with Gasteiger partial charge >= 0.3 is 0 Å². The van der Waals surface area contributed by atoms with Crippen molar-refractivity contribution in [2.75, 3.05) is 4.90 Å². The first kappa shape index (κ1) is 30.5. The molecule has 0 aliphatic heterocycles. The van der Waals surface area contributed by atoms with E-state index in [2.05, 4.69) is 199 Å². The number of hydrogen-bond acceptors (Lipinski definition) is 2. The molecule has 0 radical (unpaired) electrons. The zero-order chi connectivity index (χ0) is 35.6. The molecule has 2 nitrogen and oxygen atoms in total. The number of nitrogens with zero attached hydrogens (tertiary/aromatic N) is 1. The molecule has 10 aromatic carbocycles. The maximum absolute atomic E-state index is 6.57. The summed E-state index contributed by atoms with van der Waals surface area (Å²) in [6, 6.07) is 72.4. The molecule has 11 aromatic rings. The Bertz CT molecular complexity index is 3210. The quantitative estimate of drug-likeness (QED) is 0.168. The summed E-state index contributed by atoms with van der Waals surface area (Å²) in [5, 5.41) is 12.0. The number of anilines is 3. The van der Waals surface area contributed by atoms with Gasteiger partial charge in [-0.1, -0.05) is 152 Å². The summed E-state index contributed by atoms with van der Waals surface area (Å²) < 4.78 is 6.57. The number of furan rings is 1. The lowest BCUT2D eigenvalue weighted by Crippen LogP contribution is -2.11. The van der Waals surface area contributed by atoms with E-state index in [1.807, 2.05) is 6.07 Å². The summed E-state index contributed by atoms with van der Waals surface area (Å²) in [5.41, 5.74) is 9.85. The predicted molar refractivity (Wildman–Crippen MR) is 229 cm³/mol. The molecule has 0 aliphatic rings. The van der Waals surface area contributed by atoms with Gasteiger partial charge in [-0.15, -0.1) is 0 Å². The van der Waals surface area contributed by atoms with Crippen LogP contribution in [0.3, 0.4) is 0 Å². The van der Waals surface area contributed by atoms with Crippen LogP contribution in [-0.2, 0) is 0 Å². The van der Waals surface area contributed by atoms with Crippen LogP contribution in [-0.4, -0.2) is 0 Å². The van der Waals surface area contributed by atoms with Gasteiger partial charge in [-0.25, -0.2) is 0 Å². The molecule has 0 spiro atoms. The Labute approximate surface area is 312 Å². The second kappa shape index (κ2) is 12.2. The second-order valence-electron chi connectivity index (χ2n) is 14.1. The normalized spacial score (nSPS) is 11.7. The van der Waals surface area contributed by atoms with Crippen molar-refractivity contribution in [2.45, 2.75) is 0 Å². The van der Waals surface area contributed by atoms with Gasteiger partial charge in [0.25, 0.3) is 0 Å². The van der Waals surface area contributed by atoms with E-state index in [1.54, 1.807) is 0 Å². The summed E-state index contributed by atoms with van der Waals surface area (Å²) in [6.07, 6.45) is 0. The molecule has 0 N–H and O–H groups in total. The molecule has 0 aliphatic carbocycles. The summed E-state index contributed by atoms with van der Waals surface area (Å²) in [5.74, 6) is 0. The van der Waals surface area contributed by atoms with Gasteiger partial charge in [0.15, 0.2) is 0 Å². The van der Waals surface area contributed by atoms with Gasteiger partial charge in [-0.05, 0) is 108 Å². The first-order chi connectivity index (χ1) is 26.8. The van der Waals surface area contributed by atoms with Crippen molar-refractivity contribution in [1.29, 1.82) is 0 Å². The number of benzene rings is 10. The Morgan fingerprint density at radius 1 is 0.315 bits per heavy atom. The van der Waals surface area contributed by atoms with Crippen molar-refractivity contribution >= 4 is 82.1 Å². The van der Waals surface area contributed by atoms with Gasteiger partial charge in [0.05, 0.1) is 11.1 Å². The molecule has 0 amide bonds. The van der Waals surface area contributed by atoms with E-state index in [0.717, 1.165) is 44.4 Å². The molecular weight excluding hydrogens is 655 g/mol. The lowest BCUT2D eigenvalue weighted by atomic mass is 9.92. The fraction of sp³-hybridized carbons (Fsp3) is 0. The smallest absolute Gasteiger partial charge is 0.138 e. The van der Waals surface area contributed by atoms with Crippen molar-refractivity contribution in [2.24, 2.45) is 0 Å².